The van der Waals surface area contributed by atoms with Crippen LogP contribution in [0.3, 0.4) is 0 Å². The molecule has 0 saturated carbocycles. The number of benzene rings is 1. The van der Waals surface area contributed by atoms with E-state index in [1.54, 1.807) is 19.1 Å². The van der Waals surface area contributed by atoms with Gasteiger partial charge in [-0.1, -0.05) is 0 Å². The highest BCUT2D eigenvalue weighted by Gasteiger charge is 2.41. The predicted octanol–water partition coefficient (Wildman–Crippen LogP) is 1.93. The van der Waals surface area contributed by atoms with Gasteiger partial charge in [0.2, 0.25) is 5.91 Å². The first-order chi connectivity index (χ1) is 9.36. The topological polar surface area (TPSA) is 83.6 Å². The molecule has 1 unspecified atom stereocenters. The van der Waals surface area contributed by atoms with Gasteiger partial charge in [-0.25, -0.2) is 4.79 Å². The molecule has 20 heavy (non-hydrogen) atoms. The molecule has 5 nitrogen and oxygen atoms in total. The molecule has 0 bridgehead atoms. The molecule has 1 fully saturated rings. The molecule has 1 aliphatic rings. The Labute approximate surface area is 118 Å². The number of anilines is 1. The van der Waals surface area contributed by atoms with Crippen molar-refractivity contribution in [3.05, 3.63) is 29.3 Å². The SMILES string of the molecule is Cc1cc(N2CCCCC2(C)C(=O)O)ccc1C(N)=O. The zero-order valence-corrected chi connectivity index (χ0v) is 11.8. The van der Waals surface area contributed by atoms with Gasteiger partial charge in [0.05, 0.1) is 0 Å². The minimum Gasteiger partial charge on any atom is -0.480 e. The van der Waals surface area contributed by atoms with E-state index in [0.29, 0.717) is 18.5 Å². The Morgan fingerprint density at radius 1 is 1.35 bits per heavy atom. The van der Waals surface area contributed by atoms with Crippen molar-refractivity contribution in [3.63, 3.8) is 0 Å². The zero-order chi connectivity index (χ0) is 14.9. The summed E-state index contributed by atoms with van der Waals surface area (Å²) >= 11 is 0. The largest absolute Gasteiger partial charge is 0.480 e. The third kappa shape index (κ3) is 2.35. The predicted molar refractivity (Wildman–Crippen MR) is 76.9 cm³/mol. The van der Waals surface area contributed by atoms with E-state index in [0.717, 1.165) is 24.1 Å². The standard InChI is InChI=1S/C15H20N2O3/c1-10-9-11(5-6-12(10)13(16)18)17-8-4-3-7-15(17,2)14(19)20/h5-6,9H,3-4,7-8H2,1-2H3,(H2,16,18)(H,19,20). The van der Waals surface area contributed by atoms with E-state index in [1.165, 1.54) is 0 Å². The quantitative estimate of drug-likeness (QED) is 0.883. The van der Waals surface area contributed by atoms with E-state index in [2.05, 4.69) is 0 Å². The molecule has 1 aliphatic heterocycles. The summed E-state index contributed by atoms with van der Waals surface area (Å²) in [6.45, 7) is 4.27. The lowest BCUT2D eigenvalue weighted by Crippen LogP contribution is -2.55. The smallest absolute Gasteiger partial charge is 0.329 e. The van der Waals surface area contributed by atoms with Crippen LogP contribution in [0.15, 0.2) is 18.2 Å². The molecule has 0 aliphatic carbocycles. The second-order valence-electron chi connectivity index (χ2n) is 5.55. The number of hydrogen-bond acceptors (Lipinski definition) is 3. The number of amides is 1. The van der Waals surface area contributed by atoms with Crippen LogP contribution < -0.4 is 10.6 Å². The van der Waals surface area contributed by atoms with Gasteiger partial charge in [0.15, 0.2) is 0 Å². The lowest BCUT2D eigenvalue weighted by molar-refractivity contribution is -0.143. The van der Waals surface area contributed by atoms with E-state index in [9.17, 15) is 14.7 Å². The summed E-state index contributed by atoms with van der Waals surface area (Å²) in [5, 5.41) is 9.53. The number of aliphatic carboxylic acids is 1. The van der Waals surface area contributed by atoms with E-state index in [1.807, 2.05) is 17.9 Å². The van der Waals surface area contributed by atoms with E-state index in [-0.39, 0.29) is 0 Å². The van der Waals surface area contributed by atoms with Crippen molar-refractivity contribution in [2.45, 2.75) is 38.6 Å². The van der Waals surface area contributed by atoms with Gasteiger partial charge in [-0.05, 0) is 56.9 Å². The maximum absolute atomic E-state index is 11.6. The first-order valence-corrected chi connectivity index (χ1v) is 6.78. The number of aryl methyl sites for hydroxylation is 1. The third-order valence-electron chi connectivity index (χ3n) is 4.14. The summed E-state index contributed by atoms with van der Waals surface area (Å²) in [5.74, 6) is -1.28. The van der Waals surface area contributed by atoms with Crippen molar-refractivity contribution < 1.29 is 14.7 Å². The normalized spacial score (nSPS) is 22.6. The van der Waals surface area contributed by atoms with Crippen LogP contribution in [0.1, 0.15) is 42.1 Å². The molecule has 0 aromatic heterocycles. The molecule has 1 heterocycles. The number of carboxylic acid groups (broad SMARTS) is 1. The monoisotopic (exact) mass is 276 g/mol. The number of nitrogens with zero attached hydrogens (tertiary/aromatic N) is 1. The van der Waals surface area contributed by atoms with Crippen LogP contribution in [0.25, 0.3) is 0 Å². The number of carbonyl (C=O) groups is 2. The summed E-state index contributed by atoms with van der Waals surface area (Å²) in [7, 11) is 0. The number of carbonyl (C=O) groups excluding carboxylic acids is 1. The van der Waals surface area contributed by atoms with Gasteiger partial charge >= 0.3 is 5.97 Å². The van der Waals surface area contributed by atoms with Crippen LogP contribution in [0.5, 0.6) is 0 Å². The fraction of sp³-hybridized carbons (Fsp3) is 0.467. The van der Waals surface area contributed by atoms with Crippen molar-refractivity contribution in [2.24, 2.45) is 5.73 Å². The molecule has 0 radical (unpaired) electrons. The summed E-state index contributed by atoms with van der Waals surface area (Å²) in [4.78, 5) is 24.8. The highest BCUT2D eigenvalue weighted by molar-refractivity contribution is 5.95. The number of rotatable bonds is 3. The summed E-state index contributed by atoms with van der Waals surface area (Å²) < 4.78 is 0. The third-order valence-corrected chi connectivity index (χ3v) is 4.14. The van der Waals surface area contributed by atoms with Crippen molar-refractivity contribution in [1.82, 2.24) is 0 Å². The van der Waals surface area contributed by atoms with E-state index in [4.69, 9.17) is 5.73 Å². The van der Waals surface area contributed by atoms with Crippen LogP contribution in [0.4, 0.5) is 5.69 Å². The van der Waals surface area contributed by atoms with Crippen molar-refractivity contribution in [1.29, 1.82) is 0 Å². The maximum Gasteiger partial charge on any atom is 0.329 e. The van der Waals surface area contributed by atoms with Gasteiger partial charge in [0.1, 0.15) is 5.54 Å². The van der Waals surface area contributed by atoms with Crippen molar-refractivity contribution in [3.8, 4) is 0 Å². The van der Waals surface area contributed by atoms with E-state index >= 15 is 0 Å². The molecule has 0 spiro atoms. The maximum atomic E-state index is 11.6. The molecular weight excluding hydrogens is 256 g/mol. The Kier molecular flexibility index (Phi) is 3.70. The van der Waals surface area contributed by atoms with Gasteiger partial charge in [-0.2, -0.15) is 0 Å². The molecule has 5 heteroatoms. The molecule has 108 valence electrons. The molecule has 3 N–H and O–H groups in total. The fourth-order valence-electron chi connectivity index (χ4n) is 2.85. The Morgan fingerprint density at radius 2 is 2.05 bits per heavy atom. The number of hydrogen-bond donors (Lipinski definition) is 2. The minimum atomic E-state index is -0.890. The molecule has 1 amide bonds. The average molecular weight is 276 g/mol. The Balaban J connectivity index is 2.41. The van der Waals surface area contributed by atoms with Gasteiger partial charge in [0, 0.05) is 17.8 Å². The molecule has 1 atom stereocenters. The summed E-state index contributed by atoms with van der Waals surface area (Å²) in [5.41, 5.74) is 6.49. The van der Waals surface area contributed by atoms with E-state index < -0.39 is 17.4 Å². The van der Waals surface area contributed by atoms with Gasteiger partial charge < -0.3 is 15.7 Å². The van der Waals surface area contributed by atoms with Crippen molar-refractivity contribution in [2.75, 3.05) is 11.4 Å². The fourth-order valence-corrected chi connectivity index (χ4v) is 2.85. The highest BCUT2D eigenvalue weighted by atomic mass is 16.4. The highest BCUT2D eigenvalue weighted by Crippen LogP contribution is 2.34. The molecule has 1 saturated heterocycles. The zero-order valence-electron chi connectivity index (χ0n) is 11.8. The first kappa shape index (κ1) is 14.4. The first-order valence-electron chi connectivity index (χ1n) is 6.78. The second-order valence-corrected chi connectivity index (χ2v) is 5.55. The Hall–Kier alpha value is -2.04. The number of piperidine rings is 1. The summed E-state index contributed by atoms with van der Waals surface area (Å²) in [6, 6.07) is 5.29. The number of carboxylic acids is 1. The molecular formula is C15H20N2O3. The molecule has 1 aromatic carbocycles. The van der Waals surface area contributed by atoms with Crippen LogP contribution in [-0.4, -0.2) is 29.1 Å². The van der Waals surface area contributed by atoms with Crippen LogP contribution in [0, 0.1) is 6.92 Å². The Morgan fingerprint density at radius 3 is 2.60 bits per heavy atom. The minimum absolute atomic E-state index is 0.464. The van der Waals surface area contributed by atoms with Gasteiger partial charge in [-0.15, -0.1) is 0 Å². The van der Waals surface area contributed by atoms with Gasteiger partial charge in [0.25, 0.3) is 0 Å². The number of nitrogens with two attached hydrogens (primary N) is 1. The van der Waals surface area contributed by atoms with Crippen LogP contribution in [0.2, 0.25) is 0 Å². The van der Waals surface area contributed by atoms with Crippen LogP contribution >= 0.6 is 0 Å². The Bertz CT molecular complexity index is 556. The van der Waals surface area contributed by atoms with Crippen molar-refractivity contribution >= 4 is 17.6 Å². The molecule has 1 aromatic rings. The second kappa shape index (κ2) is 5.15. The lowest BCUT2D eigenvalue weighted by atomic mass is 9.87. The number of primary amides is 1. The summed E-state index contributed by atoms with van der Waals surface area (Å²) in [6.07, 6.45) is 2.51. The van der Waals surface area contributed by atoms with Crippen LogP contribution in [-0.2, 0) is 4.79 Å². The molecule has 2 rings (SSSR count). The van der Waals surface area contributed by atoms with Gasteiger partial charge in [-0.3, -0.25) is 4.79 Å². The average Bonchev–Trinajstić information content (AvgIpc) is 2.38. The lowest BCUT2D eigenvalue weighted by Gasteiger charge is -2.43.